The maximum absolute atomic E-state index is 12.0. The highest BCUT2D eigenvalue weighted by atomic mass is 16.3. The van der Waals surface area contributed by atoms with Crippen LogP contribution in [0.4, 0.5) is 0 Å². The van der Waals surface area contributed by atoms with Crippen molar-refractivity contribution in [2.24, 2.45) is 5.73 Å². The second kappa shape index (κ2) is 18.0. The number of carbonyl (C=O) groups is 1. The zero-order valence-electron chi connectivity index (χ0n) is 26.4. The molecule has 0 aliphatic rings. The summed E-state index contributed by atoms with van der Waals surface area (Å²) < 4.78 is 0. The van der Waals surface area contributed by atoms with Gasteiger partial charge in [0.2, 0.25) is 5.91 Å². The van der Waals surface area contributed by atoms with E-state index in [0.29, 0.717) is 12.2 Å². The van der Waals surface area contributed by atoms with Crippen molar-refractivity contribution in [1.29, 1.82) is 0 Å². The molecule has 1 aromatic carbocycles. The van der Waals surface area contributed by atoms with Crippen LogP contribution in [0.2, 0.25) is 0 Å². The van der Waals surface area contributed by atoms with E-state index < -0.39 is 0 Å². The number of hydrogen-bond acceptors (Lipinski definition) is 2. The molecular weight excluding hydrogens is 466 g/mol. The summed E-state index contributed by atoms with van der Waals surface area (Å²) in [5.41, 5.74) is 8.40. The molecule has 1 atom stereocenters. The van der Waals surface area contributed by atoms with Crippen molar-refractivity contribution in [2.75, 3.05) is 0 Å². The van der Waals surface area contributed by atoms with E-state index in [4.69, 9.17) is 5.73 Å². The molecule has 0 bridgehead atoms. The Hall–Kier alpha value is -1.51. The summed E-state index contributed by atoms with van der Waals surface area (Å²) in [7, 11) is 0. The predicted molar refractivity (Wildman–Crippen MR) is 166 cm³/mol. The Morgan fingerprint density at radius 3 is 1.34 bits per heavy atom. The van der Waals surface area contributed by atoms with Crippen LogP contribution in [0, 0.1) is 0 Å². The van der Waals surface area contributed by atoms with Crippen LogP contribution >= 0.6 is 0 Å². The maximum atomic E-state index is 12.0. The predicted octanol–water partition coefficient (Wildman–Crippen LogP) is 10.6. The minimum atomic E-state index is -0.241. The van der Waals surface area contributed by atoms with Crippen molar-refractivity contribution in [2.45, 2.75) is 181 Å². The molecule has 220 valence electrons. The molecule has 1 rings (SSSR count). The first kappa shape index (κ1) is 34.5. The van der Waals surface area contributed by atoms with Gasteiger partial charge in [0.05, 0.1) is 0 Å². The minimum Gasteiger partial charge on any atom is -0.507 e. The third kappa shape index (κ3) is 14.0. The quantitative estimate of drug-likeness (QED) is 0.165. The third-order valence-corrected chi connectivity index (χ3v) is 8.07. The summed E-state index contributed by atoms with van der Waals surface area (Å²) in [5, 5.41) is 11.1. The lowest BCUT2D eigenvalue weighted by atomic mass is 9.76. The molecule has 0 aliphatic heterocycles. The minimum absolute atomic E-state index is 0.113. The molecule has 0 heterocycles. The van der Waals surface area contributed by atoms with Crippen molar-refractivity contribution < 1.29 is 9.90 Å². The Balaban J connectivity index is 2.45. The number of phenols is 1. The molecular formula is C35H63NO2. The van der Waals surface area contributed by atoms with Gasteiger partial charge in [0.15, 0.2) is 0 Å². The van der Waals surface area contributed by atoms with E-state index in [1.165, 1.54) is 96.3 Å². The van der Waals surface area contributed by atoms with Crippen molar-refractivity contribution in [3.8, 4) is 5.75 Å². The Morgan fingerprint density at radius 2 is 1.03 bits per heavy atom. The first-order chi connectivity index (χ1) is 17.9. The lowest BCUT2D eigenvalue weighted by Crippen LogP contribution is -2.20. The van der Waals surface area contributed by atoms with E-state index in [0.717, 1.165) is 29.5 Å². The van der Waals surface area contributed by atoms with Gasteiger partial charge in [-0.15, -0.1) is 0 Å². The molecule has 1 amide bonds. The lowest BCUT2D eigenvalue weighted by molar-refractivity contribution is -0.118. The topological polar surface area (TPSA) is 63.3 Å². The molecule has 3 nitrogen and oxygen atoms in total. The summed E-state index contributed by atoms with van der Waals surface area (Å²) in [6, 6.07) is 4.26. The standard InChI is InChI=1S/C35H63NO2/c1-8-9-10-11-12-13-14-15-16-17-18-19-20-21-22-23-24-28(27-32(36)37)29-25-30(34(2,3)4)33(38)31(26-29)35(5,6)7/h25-26,28,38H,8-24,27H2,1-7H3,(H2,36,37). The Morgan fingerprint density at radius 1 is 0.684 bits per heavy atom. The highest BCUT2D eigenvalue weighted by Gasteiger charge is 2.28. The fourth-order valence-electron chi connectivity index (χ4n) is 5.60. The van der Waals surface area contributed by atoms with Gasteiger partial charge in [0, 0.05) is 6.42 Å². The van der Waals surface area contributed by atoms with Crippen LogP contribution in [0.5, 0.6) is 5.75 Å². The van der Waals surface area contributed by atoms with E-state index in [-0.39, 0.29) is 22.7 Å². The number of carbonyl (C=O) groups excluding carboxylic acids is 1. The van der Waals surface area contributed by atoms with Crippen LogP contribution in [-0.2, 0) is 15.6 Å². The number of rotatable bonds is 20. The number of aromatic hydroxyl groups is 1. The molecule has 0 aromatic heterocycles. The molecule has 0 aliphatic carbocycles. The van der Waals surface area contributed by atoms with Gasteiger partial charge in [-0.3, -0.25) is 4.79 Å². The van der Waals surface area contributed by atoms with Crippen LogP contribution < -0.4 is 5.73 Å². The first-order valence-corrected chi connectivity index (χ1v) is 16.0. The molecule has 3 heteroatoms. The number of hydrogen-bond donors (Lipinski definition) is 2. The second-order valence-corrected chi connectivity index (χ2v) is 13.9. The summed E-state index contributed by atoms with van der Waals surface area (Å²) in [6.07, 6.45) is 23.1. The summed E-state index contributed by atoms with van der Waals surface area (Å²) in [4.78, 5) is 12.0. The van der Waals surface area contributed by atoms with Crippen molar-refractivity contribution in [3.05, 3.63) is 28.8 Å². The molecule has 1 unspecified atom stereocenters. The second-order valence-electron chi connectivity index (χ2n) is 13.9. The zero-order valence-corrected chi connectivity index (χ0v) is 26.4. The van der Waals surface area contributed by atoms with E-state index >= 15 is 0 Å². The van der Waals surface area contributed by atoms with Crippen molar-refractivity contribution in [1.82, 2.24) is 0 Å². The van der Waals surface area contributed by atoms with Crippen LogP contribution in [0.25, 0.3) is 0 Å². The van der Waals surface area contributed by atoms with Crippen LogP contribution in [-0.4, -0.2) is 11.0 Å². The van der Waals surface area contributed by atoms with Crippen LogP contribution in [0.1, 0.15) is 187 Å². The summed E-state index contributed by atoms with van der Waals surface area (Å²) >= 11 is 0. The largest absolute Gasteiger partial charge is 0.507 e. The van der Waals surface area contributed by atoms with Gasteiger partial charge in [-0.1, -0.05) is 163 Å². The van der Waals surface area contributed by atoms with Gasteiger partial charge in [0.25, 0.3) is 0 Å². The first-order valence-electron chi connectivity index (χ1n) is 16.0. The molecule has 0 radical (unpaired) electrons. The molecule has 38 heavy (non-hydrogen) atoms. The molecule has 0 saturated heterocycles. The lowest BCUT2D eigenvalue weighted by Gasteiger charge is -2.30. The zero-order chi connectivity index (χ0) is 28.6. The van der Waals surface area contributed by atoms with E-state index in [2.05, 4.69) is 60.6 Å². The number of amides is 1. The normalized spacial score (nSPS) is 13.1. The van der Waals surface area contributed by atoms with Gasteiger partial charge in [-0.25, -0.2) is 0 Å². The molecule has 0 spiro atoms. The van der Waals surface area contributed by atoms with Gasteiger partial charge in [0.1, 0.15) is 5.75 Å². The number of benzene rings is 1. The fourth-order valence-corrected chi connectivity index (χ4v) is 5.60. The average molecular weight is 530 g/mol. The number of phenolic OH excluding ortho intramolecular Hbond substituents is 1. The van der Waals surface area contributed by atoms with E-state index in [9.17, 15) is 9.90 Å². The van der Waals surface area contributed by atoms with Crippen LogP contribution in [0.3, 0.4) is 0 Å². The highest BCUT2D eigenvalue weighted by molar-refractivity contribution is 5.75. The third-order valence-electron chi connectivity index (χ3n) is 8.07. The average Bonchev–Trinajstić information content (AvgIpc) is 2.81. The van der Waals surface area contributed by atoms with Crippen LogP contribution in [0.15, 0.2) is 12.1 Å². The molecule has 3 N–H and O–H groups in total. The number of unbranched alkanes of at least 4 members (excludes halogenated alkanes) is 15. The molecule has 0 saturated carbocycles. The number of primary amides is 1. The fraction of sp³-hybridized carbons (Fsp3) is 0.800. The SMILES string of the molecule is CCCCCCCCCCCCCCCCCCC(CC(N)=O)c1cc(C(C)(C)C)c(O)c(C(C)(C)C)c1. The smallest absolute Gasteiger partial charge is 0.218 e. The van der Waals surface area contributed by atoms with E-state index in [1.807, 2.05) is 0 Å². The van der Waals surface area contributed by atoms with Gasteiger partial charge in [-0.05, 0) is 39.9 Å². The Labute approximate surface area is 236 Å². The maximum Gasteiger partial charge on any atom is 0.218 e. The van der Waals surface area contributed by atoms with Gasteiger partial charge >= 0.3 is 0 Å². The highest BCUT2D eigenvalue weighted by Crippen LogP contribution is 2.42. The van der Waals surface area contributed by atoms with Gasteiger partial charge < -0.3 is 10.8 Å². The summed E-state index contributed by atoms with van der Waals surface area (Å²) in [5.74, 6) is 0.269. The van der Waals surface area contributed by atoms with Gasteiger partial charge in [-0.2, -0.15) is 0 Å². The Bertz CT molecular complexity index is 749. The summed E-state index contributed by atoms with van der Waals surface area (Å²) in [6.45, 7) is 15.1. The molecule has 1 aromatic rings. The van der Waals surface area contributed by atoms with E-state index in [1.54, 1.807) is 0 Å². The number of nitrogens with two attached hydrogens (primary N) is 1. The monoisotopic (exact) mass is 529 g/mol. The molecule has 0 fully saturated rings. The van der Waals surface area contributed by atoms with Crippen molar-refractivity contribution in [3.63, 3.8) is 0 Å². The Kier molecular flexibility index (Phi) is 16.3. The van der Waals surface area contributed by atoms with Crippen molar-refractivity contribution >= 4 is 5.91 Å².